The lowest BCUT2D eigenvalue weighted by molar-refractivity contribution is -0.192. The molecular formula is C16H20F3N3O6. The van der Waals surface area contributed by atoms with Crippen molar-refractivity contribution in [2.75, 3.05) is 26.3 Å². The van der Waals surface area contributed by atoms with Crippen molar-refractivity contribution < 1.29 is 42.4 Å². The van der Waals surface area contributed by atoms with Crippen LogP contribution < -0.4 is 4.74 Å². The Balaban J connectivity index is 0.000000345. The topological polar surface area (TPSA) is 122 Å². The molecule has 1 aromatic heterocycles. The van der Waals surface area contributed by atoms with Crippen LogP contribution in [0.4, 0.5) is 13.2 Å². The van der Waals surface area contributed by atoms with E-state index in [9.17, 15) is 18.0 Å². The summed E-state index contributed by atoms with van der Waals surface area (Å²) < 4.78 is 43.2. The number of hydrogen-bond acceptors (Lipinski definition) is 7. The first-order chi connectivity index (χ1) is 13.2. The van der Waals surface area contributed by atoms with Crippen LogP contribution in [-0.2, 0) is 14.3 Å². The second kappa shape index (κ2) is 9.64. The highest BCUT2D eigenvalue weighted by Gasteiger charge is 2.43. The Labute approximate surface area is 158 Å². The number of carbonyl (C=O) groups is 2. The highest BCUT2D eigenvalue weighted by Crippen LogP contribution is 2.34. The molecular weight excluding hydrogens is 387 g/mol. The Kier molecular flexibility index (Phi) is 7.52. The van der Waals surface area contributed by atoms with Crippen LogP contribution in [0.3, 0.4) is 0 Å². The van der Waals surface area contributed by atoms with Gasteiger partial charge in [0, 0.05) is 30.9 Å². The van der Waals surface area contributed by atoms with Gasteiger partial charge in [0.25, 0.3) is 0 Å². The first-order valence-corrected chi connectivity index (χ1v) is 8.46. The SMILES string of the molecule is O=C(O)C(F)(F)F.O=C(O)CN1CCOC2C(COc3ncccn3)CCC21. The summed E-state index contributed by atoms with van der Waals surface area (Å²) in [5, 5.41) is 16.1. The maximum Gasteiger partial charge on any atom is 0.490 e. The van der Waals surface area contributed by atoms with Crippen molar-refractivity contribution in [2.24, 2.45) is 5.92 Å². The van der Waals surface area contributed by atoms with Gasteiger partial charge in [-0.05, 0) is 18.9 Å². The molecule has 0 radical (unpaired) electrons. The maximum absolute atomic E-state index is 10.9. The van der Waals surface area contributed by atoms with Crippen molar-refractivity contribution in [3.63, 3.8) is 0 Å². The predicted octanol–water partition coefficient (Wildman–Crippen LogP) is 1.05. The van der Waals surface area contributed by atoms with Crippen molar-refractivity contribution in [1.29, 1.82) is 0 Å². The number of rotatable bonds is 5. The summed E-state index contributed by atoms with van der Waals surface area (Å²) in [5.74, 6) is -3.28. The van der Waals surface area contributed by atoms with E-state index in [1.807, 2.05) is 4.90 Å². The van der Waals surface area contributed by atoms with Gasteiger partial charge in [-0.1, -0.05) is 0 Å². The van der Waals surface area contributed by atoms with Crippen LogP contribution in [0.25, 0.3) is 0 Å². The molecule has 2 fully saturated rings. The van der Waals surface area contributed by atoms with Crippen LogP contribution in [0.1, 0.15) is 12.8 Å². The zero-order chi connectivity index (χ0) is 20.7. The molecule has 3 unspecified atom stereocenters. The molecule has 1 aliphatic carbocycles. The first-order valence-electron chi connectivity index (χ1n) is 8.46. The Morgan fingerprint density at radius 1 is 1.25 bits per heavy atom. The van der Waals surface area contributed by atoms with E-state index in [4.69, 9.17) is 24.5 Å². The van der Waals surface area contributed by atoms with Crippen molar-refractivity contribution in [2.45, 2.75) is 31.2 Å². The number of aromatic nitrogens is 2. The lowest BCUT2D eigenvalue weighted by atomic mass is 10.0. The lowest BCUT2D eigenvalue weighted by Crippen LogP contribution is -2.52. The number of alkyl halides is 3. The van der Waals surface area contributed by atoms with E-state index in [0.717, 1.165) is 12.8 Å². The number of aliphatic carboxylic acids is 2. The van der Waals surface area contributed by atoms with Gasteiger partial charge in [0.05, 0.1) is 25.9 Å². The van der Waals surface area contributed by atoms with Crippen LogP contribution in [-0.4, -0.2) is 81.6 Å². The molecule has 28 heavy (non-hydrogen) atoms. The molecule has 3 rings (SSSR count). The van der Waals surface area contributed by atoms with E-state index in [1.165, 1.54) is 0 Å². The molecule has 2 heterocycles. The molecule has 0 spiro atoms. The quantitative estimate of drug-likeness (QED) is 0.737. The number of carboxylic acid groups (broad SMARTS) is 2. The van der Waals surface area contributed by atoms with Crippen LogP contribution in [0.5, 0.6) is 6.01 Å². The summed E-state index contributed by atoms with van der Waals surface area (Å²) in [6.45, 7) is 1.85. The number of halogens is 3. The average Bonchev–Trinajstić information content (AvgIpc) is 3.04. The molecule has 1 aromatic rings. The van der Waals surface area contributed by atoms with Crippen LogP contribution in [0.2, 0.25) is 0 Å². The minimum absolute atomic E-state index is 0.0433. The zero-order valence-electron chi connectivity index (χ0n) is 14.7. The molecule has 0 bridgehead atoms. The standard InChI is InChI=1S/C14H19N3O4.C2HF3O2/c18-12(19)8-17-6-7-20-13-10(2-3-11(13)17)9-21-14-15-4-1-5-16-14;3-2(4,5)1(6)7/h1,4-5,10-11,13H,2-3,6-9H2,(H,18,19);(H,6,7). The van der Waals surface area contributed by atoms with E-state index >= 15 is 0 Å². The molecule has 2 N–H and O–H groups in total. The molecule has 0 aromatic carbocycles. The number of carboxylic acids is 2. The summed E-state index contributed by atoms with van der Waals surface area (Å²) in [6, 6.07) is 2.30. The van der Waals surface area contributed by atoms with Gasteiger partial charge in [-0.25, -0.2) is 14.8 Å². The van der Waals surface area contributed by atoms with Crippen molar-refractivity contribution >= 4 is 11.9 Å². The Hall–Kier alpha value is -2.47. The highest BCUT2D eigenvalue weighted by atomic mass is 19.4. The third-order valence-electron chi connectivity index (χ3n) is 4.38. The molecule has 2 aliphatic rings. The van der Waals surface area contributed by atoms with Gasteiger partial charge >= 0.3 is 24.1 Å². The second-order valence-corrected chi connectivity index (χ2v) is 6.25. The molecule has 156 valence electrons. The molecule has 1 saturated heterocycles. The Morgan fingerprint density at radius 2 is 1.89 bits per heavy atom. The van der Waals surface area contributed by atoms with Crippen molar-refractivity contribution in [3.05, 3.63) is 18.5 Å². The van der Waals surface area contributed by atoms with Gasteiger partial charge in [0.1, 0.15) is 0 Å². The second-order valence-electron chi connectivity index (χ2n) is 6.25. The van der Waals surface area contributed by atoms with E-state index in [-0.39, 0.29) is 24.6 Å². The third-order valence-corrected chi connectivity index (χ3v) is 4.38. The monoisotopic (exact) mass is 407 g/mol. The molecule has 12 heteroatoms. The number of fused-ring (bicyclic) bond motifs is 1. The van der Waals surface area contributed by atoms with Crippen LogP contribution >= 0.6 is 0 Å². The minimum atomic E-state index is -5.08. The number of nitrogens with zero attached hydrogens (tertiary/aromatic N) is 3. The zero-order valence-corrected chi connectivity index (χ0v) is 14.7. The fourth-order valence-electron chi connectivity index (χ4n) is 3.23. The third kappa shape index (κ3) is 6.30. The highest BCUT2D eigenvalue weighted by molar-refractivity contribution is 5.73. The predicted molar refractivity (Wildman–Crippen MR) is 86.7 cm³/mol. The van der Waals surface area contributed by atoms with Crippen molar-refractivity contribution in [1.82, 2.24) is 14.9 Å². The number of hydrogen-bond donors (Lipinski definition) is 2. The minimum Gasteiger partial charge on any atom is -0.480 e. The molecule has 3 atom stereocenters. The van der Waals surface area contributed by atoms with Crippen molar-refractivity contribution in [3.8, 4) is 6.01 Å². The van der Waals surface area contributed by atoms with Gasteiger partial charge in [0.15, 0.2) is 0 Å². The van der Waals surface area contributed by atoms with E-state index in [2.05, 4.69) is 9.97 Å². The van der Waals surface area contributed by atoms with Crippen LogP contribution in [0, 0.1) is 5.92 Å². The first kappa shape index (κ1) is 21.8. The smallest absolute Gasteiger partial charge is 0.480 e. The Morgan fingerprint density at radius 3 is 2.46 bits per heavy atom. The maximum atomic E-state index is 10.9. The normalized spacial score (nSPS) is 24.6. The fourth-order valence-corrected chi connectivity index (χ4v) is 3.23. The summed E-state index contributed by atoms with van der Waals surface area (Å²) >= 11 is 0. The molecule has 0 amide bonds. The van der Waals surface area contributed by atoms with Gasteiger partial charge in [0.2, 0.25) is 0 Å². The van der Waals surface area contributed by atoms with E-state index in [1.54, 1.807) is 18.5 Å². The summed E-state index contributed by atoms with van der Waals surface area (Å²) in [5.41, 5.74) is 0. The van der Waals surface area contributed by atoms with Gasteiger partial charge < -0.3 is 19.7 Å². The fraction of sp³-hybridized carbons (Fsp3) is 0.625. The summed E-state index contributed by atoms with van der Waals surface area (Å²) in [4.78, 5) is 29.9. The summed E-state index contributed by atoms with van der Waals surface area (Å²) in [6.07, 6.45) is 0.165. The molecule has 1 aliphatic heterocycles. The van der Waals surface area contributed by atoms with E-state index in [0.29, 0.717) is 25.8 Å². The van der Waals surface area contributed by atoms with Gasteiger partial charge in [-0.3, -0.25) is 9.69 Å². The molecule has 9 nitrogen and oxygen atoms in total. The van der Waals surface area contributed by atoms with E-state index < -0.39 is 18.1 Å². The average molecular weight is 407 g/mol. The largest absolute Gasteiger partial charge is 0.490 e. The van der Waals surface area contributed by atoms with Gasteiger partial charge in [-0.15, -0.1) is 0 Å². The lowest BCUT2D eigenvalue weighted by Gasteiger charge is -2.38. The molecule has 1 saturated carbocycles. The number of morpholine rings is 1. The Bertz CT molecular complexity index is 661. The van der Waals surface area contributed by atoms with Gasteiger partial charge in [-0.2, -0.15) is 13.2 Å². The number of ether oxygens (including phenoxy) is 2. The van der Waals surface area contributed by atoms with Crippen LogP contribution in [0.15, 0.2) is 18.5 Å². The summed E-state index contributed by atoms with van der Waals surface area (Å²) in [7, 11) is 0.